The SMILES string of the molecule is COC(=O)CCCN1C(=S)N[C@@H](c2ccccn2)[C@@H]1c1ccc(-c2ccccc2C(=O)O)o1. The fraction of sp³-hybridized carbons (Fsp3) is 0.250. The Morgan fingerprint density at radius 3 is 2.70 bits per heavy atom. The van der Waals surface area contributed by atoms with E-state index in [2.05, 4.69) is 10.3 Å². The van der Waals surface area contributed by atoms with Crippen LogP contribution in [-0.4, -0.2) is 45.7 Å². The van der Waals surface area contributed by atoms with Gasteiger partial charge in [-0.3, -0.25) is 9.78 Å². The summed E-state index contributed by atoms with van der Waals surface area (Å²) in [6.07, 6.45) is 2.54. The van der Waals surface area contributed by atoms with E-state index >= 15 is 0 Å². The Labute approximate surface area is 196 Å². The van der Waals surface area contributed by atoms with Gasteiger partial charge in [-0.15, -0.1) is 0 Å². The van der Waals surface area contributed by atoms with Crippen LogP contribution in [0.2, 0.25) is 0 Å². The summed E-state index contributed by atoms with van der Waals surface area (Å²) in [7, 11) is 1.36. The molecule has 2 atom stereocenters. The molecular formula is C24H23N3O5S. The highest BCUT2D eigenvalue weighted by atomic mass is 32.1. The fourth-order valence-electron chi connectivity index (χ4n) is 3.99. The topological polar surface area (TPSA) is 105 Å². The first-order chi connectivity index (χ1) is 16.0. The molecule has 1 aliphatic heterocycles. The van der Waals surface area contributed by atoms with Crippen LogP contribution in [0, 0.1) is 0 Å². The highest BCUT2D eigenvalue weighted by Gasteiger charge is 2.41. The number of ether oxygens (including phenoxy) is 1. The average Bonchev–Trinajstić information content (AvgIpc) is 3.44. The number of aromatic nitrogens is 1. The van der Waals surface area contributed by atoms with Crippen LogP contribution in [0.5, 0.6) is 0 Å². The van der Waals surface area contributed by atoms with E-state index in [0.717, 1.165) is 5.69 Å². The lowest BCUT2D eigenvalue weighted by atomic mass is 10.0. The molecule has 0 amide bonds. The normalized spacial score (nSPS) is 17.6. The number of esters is 1. The average molecular weight is 466 g/mol. The number of thiocarbonyl (C=S) groups is 1. The number of aromatic carboxylic acids is 1. The largest absolute Gasteiger partial charge is 0.478 e. The van der Waals surface area contributed by atoms with Crippen LogP contribution in [-0.2, 0) is 9.53 Å². The molecule has 0 aliphatic carbocycles. The number of nitrogens with zero attached hydrogens (tertiary/aromatic N) is 2. The summed E-state index contributed by atoms with van der Waals surface area (Å²) in [4.78, 5) is 29.7. The third-order valence-electron chi connectivity index (χ3n) is 5.55. The smallest absolute Gasteiger partial charge is 0.336 e. The molecule has 33 heavy (non-hydrogen) atoms. The van der Waals surface area contributed by atoms with Crippen LogP contribution in [0.15, 0.2) is 65.2 Å². The van der Waals surface area contributed by atoms with Crippen molar-refractivity contribution < 1.29 is 23.8 Å². The molecule has 1 aromatic carbocycles. The molecule has 1 aliphatic rings. The number of benzene rings is 1. The lowest BCUT2D eigenvalue weighted by molar-refractivity contribution is -0.140. The first kappa shape index (κ1) is 22.5. The van der Waals surface area contributed by atoms with Crippen LogP contribution in [0.4, 0.5) is 0 Å². The molecule has 3 aromatic rings. The second-order valence-corrected chi connectivity index (χ2v) is 7.94. The number of rotatable bonds is 8. The second kappa shape index (κ2) is 9.83. The lowest BCUT2D eigenvalue weighted by Crippen LogP contribution is -2.30. The molecular weight excluding hydrogens is 442 g/mol. The van der Waals surface area contributed by atoms with Gasteiger partial charge in [0.25, 0.3) is 0 Å². The Kier molecular flexibility index (Phi) is 6.69. The van der Waals surface area contributed by atoms with Crippen LogP contribution < -0.4 is 5.32 Å². The van der Waals surface area contributed by atoms with Gasteiger partial charge in [0.1, 0.15) is 17.6 Å². The molecule has 8 nitrogen and oxygen atoms in total. The van der Waals surface area contributed by atoms with Gasteiger partial charge < -0.3 is 24.5 Å². The van der Waals surface area contributed by atoms with E-state index < -0.39 is 5.97 Å². The molecule has 0 bridgehead atoms. The van der Waals surface area contributed by atoms with Crippen molar-refractivity contribution in [1.82, 2.24) is 15.2 Å². The highest BCUT2D eigenvalue weighted by molar-refractivity contribution is 7.80. The Hall–Kier alpha value is -3.72. The fourth-order valence-corrected chi connectivity index (χ4v) is 4.32. The zero-order valence-electron chi connectivity index (χ0n) is 17.9. The van der Waals surface area contributed by atoms with Gasteiger partial charge >= 0.3 is 11.9 Å². The van der Waals surface area contributed by atoms with Crippen molar-refractivity contribution >= 4 is 29.3 Å². The molecule has 0 spiro atoms. The molecule has 4 rings (SSSR count). The summed E-state index contributed by atoms with van der Waals surface area (Å²) in [5, 5.41) is 13.4. The van der Waals surface area contributed by atoms with E-state index in [4.69, 9.17) is 21.4 Å². The minimum Gasteiger partial charge on any atom is -0.478 e. The van der Waals surface area contributed by atoms with Gasteiger partial charge in [0.15, 0.2) is 5.11 Å². The van der Waals surface area contributed by atoms with Crippen LogP contribution in [0.3, 0.4) is 0 Å². The van der Waals surface area contributed by atoms with E-state index in [1.54, 1.807) is 36.5 Å². The molecule has 1 saturated heterocycles. The summed E-state index contributed by atoms with van der Waals surface area (Å²) < 4.78 is 10.9. The van der Waals surface area contributed by atoms with Gasteiger partial charge in [-0.25, -0.2) is 4.79 Å². The summed E-state index contributed by atoms with van der Waals surface area (Å²) in [5.41, 5.74) is 1.45. The third-order valence-corrected chi connectivity index (χ3v) is 5.90. The molecule has 0 radical (unpaired) electrons. The van der Waals surface area contributed by atoms with Gasteiger partial charge in [0.2, 0.25) is 0 Å². The predicted octanol–water partition coefficient (Wildman–Crippen LogP) is 3.97. The molecule has 0 saturated carbocycles. The van der Waals surface area contributed by atoms with Gasteiger partial charge in [-0.05, 0) is 49.0 Å². The van der Waals surface area contributed by atoms with Gasteiger partial charge in [0.05, 0.1) is 24.4 Å². The number of furan rings is 1. The maximum absolute atomic E-state index is 11.7. The van der Waals surface area contributed by atoms with Crippen molar-refractivity contribution in [3.63, 3.8) is 0 Å². The number of pyridine rings is 1. The molecule has 2 aromatic heterocycles. The number of carbonyl (C=O) groups excluding carboxylic acids is 1. The first-order valence-corrected chi connectivity index (χ1v) is 10.9. The van der Waals surface area contributed by atoms with E-state index in [-0.39, 0.29) is 30.0 Å². The summed E-state index contributed by atoms with van der Waals surface area (Å²) in [6, 6.07) is 15.4. The zero-order valence-corrected chi connectivity index (χ0v) is 18.7. The van der Waals surface area contributed by atoms with Gasteiger partial charge in [-0.1, -0.05) is 24.3 Å². The number of hydrogen-bond acceptors (Lipinski definition) is 6. The molecule has 0 unspecified atom stereocenters. The van der Waals surface area contributed by atoms with Crippen LogP contribution in [0.25, 0.3) is 11.3 Å². The summed E-state index contributed by atoms with van der Waals surface area (Å²) >= 11 is 5.61. The third kappa shape index (κ3) is 4.73. The maximum Gasteiger partial charge on any atom is 0.336 e. The standard InChI is InChI=1S/C24H23N3O5S/c1-31-20(28)10-6-14-27-22(21(26-24(27)33)17-9-4-5-13-25-17)19-12-11-18(32-19)15-7-2-3-8-16(15)23(29)30/h2-5,7-9,11-13,21-22H,6,10,14H2,1H3,(H,26,33)(H,29,30)/t21-,22-/m0/s1. The van der Waals surface area contributed by atoms with Crippen molar-refractivity contribution in [2.45, 2.75) is 24.9 Å². The van der Waals surface area contributed by atoms with E-state index in [0.29, 0.717) is 35.2 Å². The number of carboxylic acids is 1. The first-order valence-electron chi connectivity index (χ1n) is 10.5. The second-order valence-electron chi connectivity index (χ2n) is 7.55. The molecule has 1 fully saturated rings. The quantitative estimate of drug-likeness (QED) is 0.378. The maximum atomic E-state index is 11.7. The minimum atomic E-state index is -1.02. The monoisotopic (exact) mass is 465 g/mol. The van der Waals surface area contributed by atoms with Crippen molar-refractivity contribution in [3.05, 3.63) is 77.8 Å². The van der Waals surface area contributed by atoms with Gasteiger partial charge in [-0.2, -0.15) is 0 Å². The van der Waals surface area contributed by atoms with E-state index in [9.17, 15) is 14.7 Å². The van der Waals surface area contributed by atoms with Crippen molar-refractivity contribution in [1.29, 1.82) is 0 Å². The minimum absolute atomic E-state index is 0.162. The van der Waals surface area contributed by atoms with Crippen LogP contribution in [0.1, 0.15) is 46.7 Å². The van der Waals surface area contributed by atoms with Crippen molar-refractivity contribution in [2.24, 2.45) is 0 Å². The molecule has 2 N–H and O–H groups in total. The molecule has 9 heteroatoms. The molecule has 170 valence electrons. The van der Waals surface area contributed by atoms with E-state index in [1.807, 2.05) is 29.2 Å². The number of hydrogen-bond donors (Lipinski definition) is 2. The van der Waals surface area contributed by atoms with Crippen molar-refractivity contribution in [2.75, 3.05) is 13.7 Å². The number of nitrogens with one attached hydrogen (secondary N) is 1. The Morgan fingerprint density at radius 2 is 1.97 bits per heavy atom. The molecule has 3 heterocycles. The van der Waals surface area contributed by atoms with Gasteiger partial charge in [0, 0.05) is 24.7 Å². The van der Waals surface area contributed by atoms with Crippen molar-refractivity contribution in [3.8, 4) is 11.3 Å². The number of carbonyl (C=O) groups is 2. The Balaban J connectivity index is 1.68. The Morgan fingerprint density at radius 1 is 1.18 bits per heavy atom. The highest BCUT2D eigenvalue weighted by Crippen LogP contribution is 2.40. The summed E-state index contributed by atoms with van der Waals surface area (Å²) in [5.74, 6) is -0.235. The lowest BCUT2D eigenvalue weighted by Gasteiger charge is -2.25. The zero-order chi connectivity index (χ0) is 23.4. The number of methoxy groups -OCH3 is 1. The predicted molar refractivity (Wildman–Crippen MR) is 125 cm³/mol. The summed E-state index contributed by atoms with van der Waals surface area (Å²) in [6.45, 7) is 0.511. The van der Waals surface area contributed by atoms with E-state index in [1.165, 1.54) is 7.11 Å². The van der Waals surface area contributed by atoms with Crippen LogP contribution >= 0.6 is 12.2 Å². The number of carboxylic acid groups (broad SMARTS) is 1. The Bertz CT molecular complexity index is 1160.